The number of amides is 6. The molecule has 0 unspecified atom stereocenters. The first-order valence-corrected chi connectivity index (χ1v) is 41.9. The van der Waals surface area contributed by atoms with Gasteiger partial charge in [0.25, 0.3) is 5.92 Å². The van der Waals surface area contributed by atoms with Crippen LogP contribution in [0.4, 0.5) is 8.78 Å². The molecular formula is C84H97ClF2N8O16S2. The maximum absolute atomic E-state index is 14.8. The molecule has 2 aromatic heterocycles. The van der Waals surface area contributed by atoms with Crippen molar-refractivity contribution in [2.45, 2.75) is 165 Å². The van der Waals surface area contributed by atoms with Crippen LogP contribution in [-0.4, -0.2) is 193 Å². The maximum Gasteiger partial charge on any atom is 0.282 e. The van der Waals surface area contributed by atoms with Crippen LogP contribution in [0.3, 0.4) is 0 Å². The largest absolute Gasteiger partial charge is 0.497 e. The standard InChI is InChI=1S/C42H49ClN4O8S.C42H48F2N4O8S/c1-6-26-20-42(26,40(51)45-56(52,53)30-13-14-30)21-36(48)35-17-29(24-47(35)39(50)32(41(2,3)4)18-38(49)46-22-27(43)23-46)55-37-19-33(25-10-8-7-9-11-25)44-34-16-28(54-5)12-15-31(34)37;1-6-26-20-41(26,39(52)46-57(53,54)29-13-14-29)21-35(49)34-17-28(22-48(34)38(51)31(40(2,3)4)18-37(50)47-23-42(43,44)24-47)56-36-19-32(25-10-8-7-9-11-25)45-33-16-27(55-5)12-15-30(33)36/h6-12,15-16,19,26-27,29-30,32,35H,1,13-14,17-18,20-24H2,2-5H3,(H,45,51);6-12,15-16,19,26,28-29,31,34H,1,13-14,17-18,20-24H2,2-5H3,(H,46,52)/t26-,29-,32-,35+,42-;26-,28-,31-,34+,41-/m11/s1. The van der Waals surface area contributed by atoms with Gasteiger partial charge in [-0.25, -0.2) is 35.6 Å². The zero-order valence-electron chi connectivity index (χ0n) is 64.7. The van der Waals surface area contributed by atoms with Gasteiger partial charge in [-0.3, -0.25) is 47.8 Å². The number of fused-ring (bicyclic) bond motifs is 2. The minimum absolute atomic E-state index is 0.0329. The van der Waals surface area contributed by atoms with E-state index in [0.717, 1.165) is 16.0 Å². The van der Waals surface area contributed by atoms with Gasteiger partial charge in [-0.05, 0) is 85.5 Å². The molecule has 8 fully saturated rings. The summed E-state index contributed by atoms with van der Waals surface area (Å²) >= 11 is 6.17. The molecule has 113 heavy (non-hydrogen) atoms. The van der Waals surface area contributed by atoms with Crippen molar-refractivity contribution in [3.05, 3.63) is 135 Å². The number of hydrogen-bond acceptors (Lipinski definition) is 18. The zero-order valence-corrected chi connectivity index (χ0v) is 67.1. The van der Waals surface area contributed by atoms with Crippen LogP contribution in [0.5, 0.6) is 23.0 Å². The van der Waals surface area contributed by atoms with Crippen molar-refractivity contribution in [3.8, 4) is 45.5 Å². The molecule has 4 saturated carbocycles. The molecule has 4 aliphatic heterocycles. The Bertz CT molecular complexity index is 5010. The minimum Gasteiger partial charge on any atom is -0.497 e. The molecule has 0 spiro atoms. The monoisotopic (exact) mass is 1610 g/mol. The number of methoxy groups -OCH3 is 2. The van der Waals surface area contributed by atoms with Crippen molar-refractivity contribution in [2.75, 3.05) is 53.5 Å². The van der Waals surface area contributed by atoms with E-state index in [1.54, 1.807) is 64.2 Å². The molecule has 8 aliphatic rings. The predicted octanol–water partition coefficient (Wildman–Crippen LogP) is 11.1. The van der Waals surface area contributed by atoms with Gasteiger partial charge < -0.3 is 38.5 Å². The smallest absolute Gasteiger partial charge is 0.282 e. The lowest BCUT2D eigenvalue weighted by molar-refractivity contribution is -0.169. The fourth-order valence-electron chi connectivity index (χ4n) is 16.0. The number of rotatable bonds is 28. The topological polar surface area (TPSA) is 305 Å². The number of nitrogens with zero attached hydrogens (tertiary/aromatic N) is 6. The number of aromatic nitrogens is 2. The van der Waals surface area contributed by atoms with Crippen molar-refractivity contribution >= 4 is 100 Å². The number of alkyl halides is 3. The van der Waals surface area contributed by atoms with Crippen molar-refractivity contribution in [1.29, 1.82) is 0 Å². The van der Waals surface area contributed by atoms with Crippen LogP contribution in [0.25, 0.3) is 44.3 Å². The molecular weight excluding hydrogens is 1510 g/mol. The first-order chi connectivity index (χ1) is 53.4. The molecule has 6 amide bonds. The summed E-state index contributed by atoms with van der Waals surface area (Å²) in [5.41, 5.74) is 0.0657. The molecule has 29 heteroatoms. The van der Waals surface area contributed by atoms with E-state index in [1.807, 2.05) is 112 Å². The van der Waals surface area contributed by atoms with E-state index >= 15 is 0 Å². The summed E-state index contributed by atoms with van der Waals surface area (Å²) in [5.74, 6) is -7.45. The summed E-state index contributed by atoms with van der Waals surface area (Å²) in [7, 11) is -4.64. The molecule has 24 nitrogen and oxygen atoms in total. The number of benzene rings is 4. The number of carbonyl (C=O) groups is 8. The Morgan fingerprint density at radius 2 is 0.947 bits per heavy atom. The quantitative estimate of drug-likeness (QED) is 0.0341. The molecule has 0 radical (unpaired) electrons. The number of carbonyl (C=O) groups excluding carboxylic acids is 8. The van der Waals surface area contributed by atoms with E-state index in [0.29, 0.717) is 95.0 Å². The average Bonchev–Trinajstić information content (AvgIpc) is 1.58. The van der Waals surface area contributed by atoms with E-state index in [9.17, 15) is 64.0 Å². The lowest BCUT2D eigenvalue weighted by atomic mass is 9.77. The normalized spacial score (nSPS) is 24.5. The van der Waals surface area contributed by atoms with E-state index in [1.165, 1.54) is 15.9 Å². The van der Waals surface area contributed by atoms with E-state index in [2.05, 4.69) is 22.6 Å². The van der Waals surface area contributed by atoms with Crippen LogP contribution in [0, 0.1) is 45.3 Å². The average molecular weight is 1610 g/mol. The van der Waals surface area contributed by atoms with Gasteiger partial charge in [-0.2, -0.15) is 0 Å². The molecule has 10 atom stereocenters. The Morgan fingerprint density at radius 1 is 0.566 bits per heavy atom. The number of pyridine rings is 2. The molecule has 6 heterocycles. The first-order valence-electron chi connectivity index (χ1n) is 38.4. The van der Waals surface area contributed by atoms with Crippen LogP contribution in [0.2, 0.25) is 0 Å². The SMILES string of the molecule is C=C[C@@H]1C[C@]1(CC(=O)[C@@H]1C[C@@H](Oc2cc(-c3ccccc3)nc3cc(OC)ccc23)CN1C(=O)[C@@H](CC(=O)N1CC(Cl)C1)C(C)(C)C)C(=O)NS(=O)(=O)C1CC1.C=C[C@@H]1C[C@]1(CC(=O)[C@@H]1C[C@@H](Oc2cc(-c3ccccc3)nc3cc(OC)ccc23)CN1C(=O)[C@@H](CC(=O)N1CC(F)(F)C1)C(C)(C)C)C(=O)NS(=O)(=O)C1CC1. The molecule has 4 aromatic carbocycles. The van der Waals surface area contributed by atoms with Gasteiger partial charge in [0.15, 0.2) is 11.6 Å². The number of hydrogen-bond donors (Lipinski definition) is 2. The number of ketones is 2. The number of sulfonamides is 2. The number of allylic oxidation sites excluding steroid dienone is 2. The number of likely N-dealkylation sites (tertiary alicyclic amines) is 4. The fraction of sp³-hybridized carbons (Fsp3) is 0.500. The van der Waals surface area contributed by atoms with Crippen LogP contribution in [0.1, 0.15) is 119 Å². The lowest BCUT2D eigenvalue weighted by Crippen LogP contribution is -2.59. The summed E-state index contributed by atoms with van der Waals surface area (Å²) in [4.78, 5) is 128. The van der Waals surface area contributed by atoms with E-state index in [4.69, 9.17) is 40.5 Å². The molecule has 4 aliphatic carbocycles. The molecule has 2 N–H and O–H groups in total. The number of nitrogens with one attached hydrogen (secondary N) is 2. The second-order valence-corrected chi connectivity index (χ2v) is 38.3. The highest BCUT2D eigenvalue weighted by Crippen LogP contribution is 2.59. The second-order valence-electron chi connectivity index (χ2n) is 33.8. The van der Waals surface area contributed by atoms with Crippen LogP contribution in [-0.2, 0) is 58.4 Å². The molecule has 6 aromatic rings. The van der Waals surface area contributed by atoms with Crippen molar-refractivity contribution < 1.29 is 82.9 Å². The van der Waals surface area contributed by atoms with Gasteiger partial charge in [0.05, 0.1) is 113 Å². The van der Waals surface area contributed by atoms with Gasteiger partial charge in [0.2, 0.25) is 55.5 Å². The summed E-state index contributed by atoms with van der Waals surface area (Å²) in [6.07, 6.45) is 3.18. The summed E-state index contributed by atoms with van der Waals surface area (Å²) in [6.45, 7) is 18.0. The maximum atomic E-state index is 14.8. The highest BCUT2D eigenvalue weighted by molar-refractivity contribution is 7.91. The lowest BCUT2D eigenvalue weighted by Gasteiger charge is -2.41. The van der Waals surface area contributed by atoms with Crippen molar-refractivity contribution in [2.24, 2.45) is 45.3 Å². The zero-order chi connectivity index (χ0) is 81.2. The van der Waals surface area contributed by atoms with Gasteiger partial charge in [-0.1, -0.05) is 114 Å². The Labute approximate surface area is 662 Å². The number of Topliss-reactive ketones (excluding diaryl/α,β-unsaturated/α-hetero) is 2. The Morgan fingerprint density at radius 3 is 1.27 bits per heavy atom. The van der Waals surface area contributed by atoms with Crippen molar-refractivity contribution in [3.63, 3.8) is 0 Å². The van der Waals surface area contributed by atoms with E-state index < -0.39 is 149 Å². The first kappa shape index (κ1) is 81.6. The summed E-state index contributed by atoms with van der Waals surface area (Å²) < 4.78 is 107. The van der Waals surface area contributed by atoms with Gasteiger partial charge >= 0.3 is 0 Å². The highest BCUT2D eigenvalue weighted by Gasteiger charge is 2.64. The molecule has 0 bridgehead atoms. The van der Waals surface area contributed by atoms with Gasteiger partial charge in [-0.15, -0.1) is 24.8 Å². The third-order valence-electron chi connectivity index (χ3n) is 23.5. The van der Waals surface area contributed by atoms with Gasteiger partial charge in [0.1, 0.15) is 35.2 Å². The fourth-order valence-corrected chi connectivity index (χ4v) is 19.1. The Kier molecular flexibility index (Phi) is 22.7. The molecule has 4 saturated heterocycles. The number of ether oxygens (including phenoxy) is 4. The Balaban J connectivity index is 0.000000198. The predicted molar refractivity (Wildman–Crippen MR) is 420 cm³/mol. The number of halogens is 3. The molecule has 14 rings (SSSR count). The summed E-state index contributed by atoms with van der Waals surface area (Å²) in [5, 5.41) is -0.0186. The van der Waals surface area contributed by atoms with Crippen LogP contribution >= 0.6 is 11.6 Å². The summed E-state index contributed by atoms with van der Waals surface area (Å²) in [6, 6.07) is 31.5. The minimum atomic E-state index is -3.91. The molecule has 602 valence electrons. The van der Waals surface area contributed by atoms with Crippen LogP contribution in [0.15, 0.2) is 135 Å². The van der Waals surface area contributed by atoms with Gasteiger partial charge in [0, 0.05) is 97.8 Å². The third kappa shape index (κ3) is 17.6. The van der Waals surface area contributed by atoms with Crippen LogP contribution < -0.4 is 28.4 Å². The highest BCUT2D eigenvalue weighted by atomic mass is 35.5. The Hall–Kier alpha value is -9.41. The van der Waals surface area contributed by atoms with Crippen molar-refractivity contribution in [1.82, 2.24) is 39.0 Å². The third-order valence-corrected chi connectivity index (χ3v) is 27.4. The van der Waals surface area contributed by atoms with E-state index in [-0.39, 0.29) is 87.4 Å². The second kappa shape index (κ2) is 31.4.